The molecule has 3 heterocycles. The van der Waals surface area contributed by atoms with Gasteiger partial charge in [0.15, 0.2) is 0 Å². The van der Waals surface area contributed by atoms with Crippen molar-refractivity contribution in [3.63, 3.8) is 0 Å². The Kier molecular flexibility index (Phi) is 2.24. The number of nitrogens with one attached hydrogen (secondary N) is 1. The lowest BCUT2D eigenvalue weighted by atomic mass is 10.1. The first-order chi connectivity index (χ1) is 8.24. The summed E-state index contributed by atoms with van der Waals surface area (Å²) in [5.41, 5.74) is 4.32. The highest BCUT2D eigenvalue weighted by Crippen LogP contribution is 2.30. The molecule has 0 amide bonds. The fourth-order valence-corrected chi connectivity index (χ4v) is 2.09. The molecule has 3 rings (SSSR count). The van der Waals surface area contributed by atoms with Gasteiger partial charge in [-0.15, -0.1) is 0 Å². The number of pyridine rings is 1. The zero-order valence-electron chi connectivity index (χ0n) is 10.0. The van der Waals surface area contributed by atoms with E-state index in [1.54, 1.807) is 4.68 Å². The minimum atomic E-state index is 0.965. The molecule has 1 aliphatic rings. The highest BCUT2D eigenvalue weighted by Gasteiger charge is 2.15. The second-order valence-electron chi connectivity index (χ2n) is 4.34. The van der Waals surface area contributed by atoms with Crippen molar-refractivity contribution in [2.75, 3.05) is 30.4 Å². The van der Waals surface area contributed by atoms with Gasteiger partial charge in [0, 0.05) is 38.9 Å². The first-order valence-electron chi connectivity index (χ1n) is 5.68. The molecule has 0 saturated heterocycles. The van der Waals surface area contributed by atoms with E-state index in [0.29, 0.717) is 0 Å². The van der Waals surface area contributed by atoms with Crippen molar-refractivity contribution in [1.29, 1.82) is 0 Å². The maximum Gasteiger partial charge on any atom is 0.0765 e. The molecule has 5 nitrogen and oxygen atoms in total. The molecular formula is C12H15N5. The Hall–Kier alpha value is -2.04. The van der Waals surface area contributed by atoms with E-state index in [4.69, 9.17) is 0 Å². The van der Waals surface area contributed by atoms with E-state index in [1.165, 1.54) is 5.69 Å². The Morgan fingerprint density at radius 1 is 1.29 bits per heavy atom. The van der Waals surface area contributed by atoms with Crippen molar-refractivity contribution >= 4 is 11.4 Å². The summed E-state index contributed by atoms with van der Waals surface area (Å²) >= 11 is 0. The van der Waals surface area contributed by atoms with Gasteiger partial charge in [-0.25, -0.2) is 0 Å². The van der Waals surface area contributed by atoms with Crippen molar-refractivity contribution in [1.82, 2.24) is 14.8 Å². The number of hydrogen-bond acceptors (Lipinski definition) is 4. The van der Waals surface area contributed by atoms with E-state index in [0.717, 1.165) is 30.0 Å². The highest BCUT2D eigenvalue weighted by molar-refractivity contribution is 5.76. The van der Waals surface area contributed by atoms with Gasteiger partial charge >= 0.3 is 0 Å². The van der Waals surface area contributed by atoms with Crippen LogP contribution in [0.4, 0.5) is 11.4 Å². The van der Waals surface area contributed by atoms with Gasteiger partial charge in [0.25, 0.3) is 0 Å². The second kappa shape index (κ2) is 3.76. The van der Waals surface area contributed by atoms with Crippen LogP contribution in [0.1, 0.15) is 0 Å². The molecule has 1 N–H and O–H groups in total. The van der Waals surface area contributed by atoms with Crippen LogP contribution in [0.2, 0.25) is 0 Å². The lowest BCUT2D eigenvalue weighted by Crippen LogP contribution is -2.30. The molecule has 2 aromatic rings. The Balaban J connectivity index is 2.05. The minimum absolute atomic E-state index is 0.965. The Morgan fingerprint density at radius 2 is 2.18 bits per heavy atom. The molecule has 0 saturated carbocycles. The van der Waals surface area contributed by atoms with Gasteiger partial charge < -0.3 is 10.2 Å². The van der Waals surface area contributed by atoms with Crippen LogP contribution in [-0.2, 0) is 7.05 Å². The van der Waals surface area contributed by atoms with E-state index < -0.39 is 0 Å². The zero-order valence-corrected chi connectivity index (χ0v) is 10.0. The lowest BCUT2D eigenvalue weighted by Gasteiger charge is -2.28. The van der Waals surface area contributed by atoms with Gasteiger partial charge in [-0.1, -0.05) is 0 Å². The summed E-state index contributed by atoms with van der Waals surface area (Å²) in [6.45, 7) is 1.99. The van der Waals surface area contributed by atoms with Gasteiger partial charge in [-0.05, 0) is 6.07 Å². The standard InChI is InChI=1S/C12H15N5/c1-16-4-3-13-11-7-14-10(5-12(11)16)9-6-15-17(2)8-9/h5-8,13H,3-4H2,1-2H3. The predicted octanol–water partition coefficient (Wildman–Crippen LogP) is 1.34. The van der Waals surface area contributed by atoms with Crippen LogP contribution in [0.3, 0.4) is 0 Å². The van der Waals surface area contributed by atoms with Gasteiger partial charge in [0.05, 0.1) is 29.5 Å². The number of likely N-dealkylation sites (N-methyl/N-ethyl adjacent to an activating group) is 1. The Morgan fingerprint density at radius 3 is 2.94 bits per heavy atom. The highest BCUT2D eigenvalue weighted by atomic mass is 15.2. The van der Waals surface area contributed by atoms with Crippen LogP contribution in [-0.4, -0.2) is 34.9 Å². The largest absolute Gasteiger partial charge is 0.380 e. The third-order valence-corrected chi connectivity index (χ3v) is 3.06. The molecule has 0 spiro atoms. The van der Waals surface area contributed by atoms with Gasteiger partial charge in [-0.3, -0.25) is 9.67 Å². The summed E-state index contributed by atoms with van der Waals surface area (Å²) in [5, 5.41) is 7.52. The molecule has 17 heavy (non-hydrogen) atoms. The van der Waals surface area contributed by atoms with Crippen LogP contribution in [0, 0.1) is 0 Å². The zero-order chi connectivity index (χ0) is 11.8. The fourth-order valence-electron chi connectivity index (χ4n) is 2.09. The van der Waals surface area contributed by atoms with Crippen molar-refractivity contribution in [2.24, 2.45) is 7.05 Å². The molecule has 1 aliphatic heterocycles. The van der Waals surface area contributed by atoms with E-state index in [9.17, 15) is 0 Å². The molecule has 0 aliphatic carbocycles. The van der Waals surface area contributed by atoms with Gasteiger partial charge in [-0.2, -0.15) is 5.10 Å². The van der Waals surface area contributed by atoms with E-state index >= 15 is 0 Å². The number of aryl methyl sites for hydroxylation is 1. The smallest absolute Gasteiger partial charge is 0.0765 e. The molecule has 0 fully saturated rings. The lowest BCUT2D eigenvalue weighted by molar-refractivity contribution is 0.768. The third-order valence-electron chi connectivity index (χ3n) is 3.06. The third kappa shape index (κ3) is 1.73. The first-order valence-corrected chi connectivity index (χ1v) is 5.68. The topological polar surface area (TPSA) is 46.0 Å². The molecule has 0 aromatic carbocycles. The van der Waals surface area contributed by atoms with E-state index in [1.807, 2.05) is 25.6 Å². The summed E-state index contributed by atoms with van der Waals surface area (Å²) in [6.07, 6.45) is 5.71. The van der Waals surface area contributed by atoms with Crippen molar-refractivity contribution in [3.8, 4) is 11.3 Å². The van der Waals surface area contributed by atoms with Gasteiger partial charge in [0.1, 0.15) is 0 Å². The van der Waals surface area contributed by atoms with Crippen LogP contribution < -0.4 is 10.2 Å². The number of aromatic nitrogens is 3. The monoisotopic (exact) mass is 229 g/mol. The van der Waals surface area contributed by atoms with Crippen molar-refractivity contribution in [2.45, 2.75) is 0 Å². The number of nitrogens with zero attached hydrogens (tertiary/aromatic N) is 4. The minimum Gasteiger partial charge on any atom is -0.380 e. The van der Waals surface area contributed by atoms with Crippen LogP contribution in [0.15, 0.2) is 24.7 Å². The molecule has 2 aromatic heterocycles. The molecule has 0 unspecified atom stereocenters. The molecule has 88 valence electrons. The molecule has 0 bridgehead atoms. The number of anilines is 2. The first kappa shape index (κ1) is 10.1. The molecular weight excluding hydrogens is 214 g/mol. The summed E-state index contributed by atoms with van der Waals surface area (Å²) < 4.78 is 1.79. The maximum atomic E-state index is 4.47. The summed E-state index contributed by atoms with van der Waals surface area (Å²) in [5.74, 6) is 0. The van der Waals surface area contributed by atoms with Crippen molar-refractivity contribution < 1.29 is 0 Å². The molecule has 5 heteroatoms. The Labute approximate surface area is 100 Å². The molecule has 0 radical (unpaired) electrons. The second-order valence-corrected chi connectivity index (χ2v) is 4.34. The SMILES string of the molecule is CN1CCNc2cnc(-c3cnn(C)c3)cc21. The predicted molar refractivity (Wildman–Crippen MR) is 68.2 cm³/mol. The van der Waals surface area contributed by atoms with Crippen LogP contribution in [0.5, 0.6) is 0 Å². The number of hydrogen-bond donors (Lipinski definition) is 1. The van der Waals surface area contributed by atoms with Crippen molar-refractivity contribution in [3.05, 3.63) is 24.7 Å². The maximum absolute atomic E-state index is 4.47. The quantitative estimate of drug-likeness (QED) is 0.801. The van der Waals surface area contributed by atoms with Crippen LogP contribution >= 0.6 is 0 Å². The normalized spacial score (nSPS) is 14.4. The Bertz CT molecular complexity index is 546. The summed E-state index contributed by atoms with van der Waals surface area (Å²) in [4.78, 5) is 6.71. The average Bonchev–Trinajstić information content (AvgIpc) is 2.76. The van der Waals surface area contributed by atoms with Crippen LogP contribution in [0.25, 0.3) is 11.3 Å². The number of rotatable bonds is 1. The number of fused-ring (bicyclic) bond motifs is 1. The average molecular weight is 229 g/mol. The van der Waals surface area contributed by atoms with E-state index in [-0.39, 0.29) is 0 Å². The summed E-state index contributed by atoms with van der Waals surface area (Å²) in [6, 6.07) is 2.11. The fraction of sp³-hybridized carbons (Fsp3) is 0.333. The van der Waals surface area contributed by atoms with Gasteiger partial charge in [0.2, 0.25) is 0 Å². The summed E-state index contributed by atoms with van der Waals surface area (Å²) in [7, 11) is 4.02. The van der Waals surface area contributed by atoms with E-state index in [2.05, 4.69) is 33.4 Å². The molecule has 0 atom stereocenters.